The molecule has 1 aromatic carbocycles. The monoisotopic (exact) mass is 247 g/mol. The maximum Gasteiger partial charge on any atom is 0.182 e. The first kappa shape index (κ1) is 10.8. The fraction of sp³-hybridized carbons (Fsp3) is 0.385. The Morgan fingerprint density at radius 1 is 1.35 bits per heavy atom. The largest absolute Gasteiger partial charge is 0.249 e. The Bertz CT molecular complexity index is 547. The number of nitrogens with zero attached hydrogens (tertiary/aromatic N) is 3. The fourth-order valence-corrected chi connectivity index (χ4v) is 2.44. The molecule has 0 saturated heterocycles. The molecular formula is C13H14ClN3. The minimum absolute atomic E-state index is 0.684. The molecule has 0 radical (unpaired) electrons. The van der Waals surface area contributed by atoms with Crippen LogP contribution >= 0.6 is 11.6 Å². The van der Waals surface area contributed by atoms with E-state index in [9.17, 15) is 0 Å². The Morgan fingerprint density at radius 2 is 2.18 bits per heavy atom. The van der Waals surface area contributed by atoms with Crippen LogP contribution in [0.4, 0.5) is 0 Å². The van der Waals surface area contributed by atoms with Crippen LogP contribution in [0.5, 0.6) is 0 Å². The fourth-order valence-electron chi connectivity index (χ4n) is 2.22. The molecule has 1 aliphatic heterocycles. The number of halogens is 1. The summed E-state index contributed by atoms with van der Waals surface area (Å²) >= 11 is 6.16. The van der Waals surface area contributed by atoms with Gasteiger partial charge in [-0.2, -0.15) is 5.10 Å². The van der Waals surface area contributed by atoms with Crippen molar-refractivity contribution in [2.24, 2.45) is 5.92 Å². The van der Waals surface area contributed by atoms with Crippen LogP contribution < -0.4 is 0 Å². The van der Waals surface area contributed by atoms with Gasteiger partial charge in [-0.25, -0.2) is 9.67 Å². The topological polar surface area (TPSA) is 30.7 Å². The van der Waals surface area contributed by atoms with Crippen molar-refractivity contribution in [1.29, 1.82) is 0 Å². The van der Waals surface area contributed by atoms with E-state index < -0.39 is 0 Å². The first-order chi connectivity index (χ1) is 8.24. The van der Waals surface area contributed by atoms with Crippen LogP contribution in [0.25, 0.3) is 11.4 Å². The maximum atomic E-state index is 6.16. The SMILES string of the molecule is CC1CCc2nc(-c3ccccc3Cl)nn2C1. The Labute approximate surface area is 105 Å². The van der Waals surface area contributed by atoms with Gasteiger partial charge in [0.2, 0.25) is 0 Å². The summed E-state index contributed by atoms with van der Waals surface area (Å²) in [6, 6.07) is 7.72. The second kappa shape index (κ2) is 4.15. The second-order valence-corrected chi connectivity index (χ2v) is 5.06. The van der Waals surface area contributed by atoms with E-state index in [0.29, 0.717) is 10.9 Å². The molecule has 4 heteroatoms. The predicted octanol–water partition coefficient (Wildman–Crippen LogP) is 3.18. The van der Waals surface area contributed by atoms with Crippen LogP contribution in [0.1, 0.15) is 19.2 Å². The Morgan fingerprint density at radius 3 is 3.00 bits per heavy atom. The zero-order chi connectivity index (χ0) is 11.8. The normalized spacial score (nSPS) is 19.1. The third-order valence-electron chi connectivity index (χ3n) is 3.21. The van der Waals surface area contributed by atoms with Crippen molar-refractivity contribution in [1.82, 2.24) is 14.8 Å². The lowest BCUT2D eigenvalue weighted by Crippen LogP contribution is -2.18. The molecule has 3 nitrogen and oxygen atoms in total. The van der Waals surface area contributed by atoms with Crippen molar-refractivity contribution in [2.75, 3.05) is 0 Å². The highest BCUT2D eigenvalue weighted by Gasteiger charge is 2.19. The maximum absolute atomic E-state index is 6.16. The molecular weight excluding hydrogens is 234 g/mol. The Hall–Kier alpha value is -1.35. The van der Waals surface area contributed by atoms with E-state index in [1.807, 2.05) is 28.9 Å². The van der Waals surface area contributed by atoms with Gasteiger partial charge in [-0.05, 0) is 24.5 Å². The van der Waals surface area contributed by atoms with E-state index in [1.165, 1.54) is 6.42 Å². The average Bonchev–Trinajstić information content (AvgIpc) is 2.72. The lowest BCUT2D eigenvalue weighted by atomic mass is 10.0. The predicted molar refractivity (Wildman–Crippen MR) is 68.0 cm³/mol. The van der Waals surface area contributed by atoms with Crippen LogP contribution in [0.15, 0.2) is 24.3 Å². The molecule has 88 valence electrons. The van der Waals surface area contributed by atoms with E-state index >= 15 is 0 Å². The molecule has 17 heavy (non-hydrogen) atoms. The highest BCUT2D eigenvalue weighted by atomic mass is 35.5. The molecule has 0 spiro atoms. The van der Waals surface area contributed by atoms with Crippen LogP contribution in [0, 0.1) is 5.92 Å². The summed E-state index contributed by atoms with van der Waals surface area (Å²) in [7, 11) is 0. The molecule has 1 atom stereocenters. The van der Waals surface area contributed by atoms with Gasteiger partial charge in [0.05, 0.1) is 5.02 Å². The van der Waals surface area contributed by atoms with Gasteiger partial charge in [0.1, 0.15) is 5.82 Å². The molecule has 3 rings (SSSR count). The molecule has 0 aliphatic carbocycles. The standard InChI is InChI=1S/C13H14ClN3/c1-9-6-7-12-15-13(16-17(12)8-9)10-4-2-3-5-11(10)14/h2-5,9H,6-8H2,1H3. The molecule has 0 bridgehead atoms. The molecule has 0 amide bonds. The zero-order valence-corrected chi connectivity index (χ0v) is 10.5. The van der Waals surface area contributed by atoms with Crippen molar-refractivity contribution in [2.45, 2.75) is 26.3 Å². The molecule has 1 aromatic heterocycles. The van der Waals surface area contributed by atoms with Crippen LogP contribution in [-0.4, -0.2) is 14.8 Å². The highest BCUT2D eigenvalue weighted by Crippen LogP contribution is 2.27. The van der Waals surface area contributed by atoms with E-state index in [-0.39, 0.29) is 0 Å². The van der Waals surface area contributed by atoms with Crippen LogP contribution in [0.3, 0.4) is 0 Å². The van der Waals surface area contributed by atoms with Crippen molar-refractivity contribution in [3.63, 3.8) is 0 Å². The first-order valence-electron chi connectivity index (χ1n) is 5.92. The molecule has 2 aromatic rings. The van der Waals surface area contributed by atoms with Crippen LogP contribution in [-0.2, 0) is 13.0 Å². The quantitative estimate of drug-likeness (QED) is 0.775. The number of hydrogen-bond acceptors (Lipinski definition) is 2. The highest BCUT2D eigenvalue weighted by molar-refractivity contribution is 6.33. The molecule has 0 saturated carbocycles. The van der Waals surface area contributed by atoms with Gasteiger partial charge < -0.3 is 0 Å². The van der Waals surface area contributed by atoms with Gasteiger partial charge in [0.25, 0.3) is 0 Å². The third-order valence-corrected chi connectivity index (χ3v) is 3.54. The summed E-state index contributed by atoms with van der Waals surface area (Å²) in [5.74, 6) is 2.51. The van der Waals surface area contributed by atoms with Gasteiger partial charge in [-0.1, -0.05) is 30.7 Å². The first-order valence-corrected chi connectivity index (χ1v) is 6.30. The number of aromatic nitrogens is 3. The van der Waals surface area contributed by atoms with Gasteiger partial charge in [0.15, 0.2) is 5.82 Å². The van der Waals surface area contributed by atoms with Gasteiger partial charge in [0, 0.05) is 18.5 Å². The average molecular weight is 248 g/mol. The number of aryl methyl sites for hydroxylation is 1. The summed E-state index contributed by atoms with van der Waals surface area (Å²) in [4.78, 5) is 4.58. The van der Waals surface area contributed by atoms with Crippen molar-refractivity contribution in [3.05, 3.63) is 35.1 Å². The summed E-state index contributed by atoms with van der Waals surface area (Å²) in [5, 5.41) is 5.26. The van der Waals surface area contributed by atoms with E-state index in [4.69, 9.17) is 11.6 Å². The van der Waals surface area contributed by atoms with Crippen molar-refractivity contribution >= 4 is 11.6 Å². The number of fused-ring (bicyclic) bond motifs is 1. The van der Waals surface area contributed by atoms with Gasteiger partial charge in [-0.15, -0.1) is 0 Å². The zero-order valence-electron chi connectivity index (χ0n) is 9.73. The van der Waals surface area contributed by atoms with E-state index in [1.54, 1.807) is 0 Å². The molecule has 0 N–H and O–H groups in total. The summed E-state index contributed by atoms with van der Waals surface area (Å²) < 4.78 is 2.02. The van der Waals surface area contributed by atoms with Gasteiger partial charge >= 0.3 is 0 Å². The lowest BCUT2D eigenvalue weighted by molar-refractivity contribution is 0.368. The molecule has 2 heterocycles. The summed E-state index contributed by atoms with van der Waals surface area (Å²) in [6.07, 6.45) is 2.21. The molecule has 1 unspecified atom stereocenters. The van der Waals surface area contributed by atoms with Crippen LogP contribution in [0.2, 0.25) is 5.02 Å². The van der Waals surface area contributed by atoms with Crippen molar-refractivity contribution in [3.8, 4) is 11.4 Å². The minimum Gasteiger partial charge on any atom is -0.249 e. The number of benzene rings is 1. The van der Waals surface area contributed by atoms with E-state index in [0.717, 1.165) is 30.2 Å². The number of rotatable bonds is 1. The molecule has 1 aliphatic rings. The number of hydrogen-bond donors (Lipinski definition) is 0. The summed E-state index contributed by atoms with van der Waals surface area (Å²) in [5.41, 5.74) is 0.920. The lowest BCUT2D eigenvalue weighted by Gasteiger charge is -2.17. The summed E-state index contributed by atoms with van der Waals surface area (Å²) in [6.45, 7) is 3.21. The van der Waals surface area contributed by atoms with Crippen molar-refractivity contribution < 1.29 is 0 Å². The second-order valence-electron chi connectivity index (χ2n) is 4.66. The smallest absolute Gasteiger partial charge is 0.182 e. The molecule has 0 fully saturated rings. The Balaban J connectivity index is 2.03. The van der Waals surface area contributed by atoms with E-state index in [2.05, 4.69) is 17.0 Å². The third kappa shape index (κ3) is 1.95. The Kier molecular flexibility index (Phi) is 2.63. The minimum atomic E-state index is 0.684. The van der Waals surface area contributed by atoms with Gasteiger partial charge in [-0.3, -0.25) is 0 Å².